The lowest BCUT2D eigenvalue weighted by molar-refractivity contribution is 0.340. The maximum atomic E-state index is 13.0. The summed E-state index contributed by atoms with van der Waals surface area (Å²) in [7, 11) is 2.09. The Morgan fingerprint density at radius 3 is 2.55 bits per heavy atom. The van der Waals surface area contributed by atoms with Gasteiger partial charge in [0, 0.05) is 25.3 Å². The van der Waals surface area contributed by atoms with E-state index in [-0.39, 0.29) is 5.82 Å². The van der Waals surface area contributed by atoms with Crippen molar-refractivity contribution in [2.45, 2.75) is 13.5 Å². The highest BCUT2D eigenvalue weighted by Gasteiger charge is 2.00. The van der Waals surface area contributed by atoms with Gasteiger partial charge >= 0.3 is 0 Å². The Hall–Kier alpha value is -1.87. The fourth-order valence-corrected chi connectivity index (χ4v) is 2.07. The fourth-order valence-electron chi connectivity index (χ4n) is 2.07. The Kier molecular flexibility index (Phi) is 5.13. The minimum absolute atomic E-state index is 0.206. The lowest BCUT2D eigenvalue weighted by Gasteiger charge is -2.17. The Morgan fingerprint density at radius 2 is 1.85 bits per heavy atom. The molecule has 0 atom stereocenters. The van der Waals surface area contributed by atoms with Crippen LogP contribution in [0.25, 0.3) is 0 Å². The van der Waals surface area contributed by atoms with E-state index in [1.807, 2.05) is 6.07 Å². The van der Waals surface area contributed by atoms with Gasteiger partial charge in [-0.1, -0.05) is 35.9 Å². The van der Waals surface area contributed by atoms with Gasteiger partial charge in [-0.05, 0) is 37.7 Å². The lowest BCUT2D eigenvalue weighted by atomic mass is 10.1. The molecule has 106 valence electrons. The monoisotopic (exact) mass is 272 g/mol. The molecule has 0 aliphatic carbocycles. The number of benzene rings is 2. The summed E-state index contributed by atoms with van der Waals surface area (Å²) in [6.45, 7) is 4.72. The minimum atomic E-state index is -0.206. The van der Waals surface area contributed by atoms with E-state index in [0.717, 1.165) is 25.3 Å². The first-order valence-corrected chi connectivity index (χ1v) is 6.87. The van der Waals surface area contributed by atoms with Crippen LogP contribution in [0.5, 0.6) is 0 Å². The number of hydrogen-bond donors (Lipinski definition) is 1. The Morgan fingerprint density at radius 1 is 1.10 bits per heavy atom. The summed E-state index contributed by atoms with van der Waals surface area (Å²) in [5.41, 5.74) is 3.42. The van der Waals surface area contributed by atoms with Gasteiger partial charge in [0.15, 0.2) is 0 Å². The number of halogens is 1. The standard InChI is InChI=1S/C17H21FN2/c1-14-6-8-15(9-7-14)13-20(2)11-10-19-17-5-3-4-16(18)12-17/h3-9,12,19H,10-11,13H2,1-2H3. The summed E-state index contributed by atoms with van der Waals surface area (Å²) in [5, 5.41) is 3.23. The molecule has 3 heteroatoms. The first-order valence-electron chi connectivity index (χ1n) is 6.87. The molecule has 0 spiro atoms. The molecule has 0 aliphatic rings. The average molecular weight is 272 g/mol. The highest BCUT2D eigenvalue weighted by molar-refractivity contribution is 5.42. The molecular weight excluding hydrogens is 251 g/mol. The summed E-state index contributed by atoms with van der Waals surface area (Å²) in [6, 6.07) is 15.1. The summed E-state index contributed by atoms with van der Waals surface area (Å²) in [6.07, 6.45) is 0. The molecule has 0 fully saturated rings. The number of nitrogens with zero attached hydrogens (tertiary/aromatic N) is 1. The van der Waals surface area contributed by atoms with Crippen LogP contribution < -0.4 is 5.32 Å². The van der Waals surface area contributed by atoms with Gasteiger partial charge in [0.05, 0.1) is 0 Å². The van der Waals surface area contributed by atoms with Gasteiger partial charge in [0.2, 0.25) is 0 Å². The molecule has 2 rings (SSSR count). The third-order valence-corrected chi connectivity index (χ3v) is 3.22. The Bertz CT molecular complexity index is 537. The maximum absolute atomic E-state index is 13.0. The highest BCUT2D eigenvalue weighted by atomic mass is 19.1. The third kappa shape index (κ3) is 4.67. The molecule has 0 aromatic heterocycles. The molecule has 20 heavy (non-hydrogen) atoms. The molecule has 0 aliphatic heterocycles. The van der Waals surface area contributed by atoms with Crippen LogP contribution in [0.2, 0.25) is 0 Å². The number of rotatable bonds is 6. The number of likely N-dealkylation sites (N-methyl/N-ethyl adjacent to an activating group) is 1. The predicted octanol–water partition coefficient (Wildman–Crippen LogP) is 3.68. The normalized spacial score (nSPS) is 10.8. The first-order chi connectivity index (χ1) is 9.63. The van der Waals surface area contributed by atoms with Gasteiger partial charge in [0.1, 0.15) is 5.82 Å². The van der Waals surface area contributed by atoms with Crippen molar-refractivity contribution in [2.75, 3.05) is 25.5 Å². The van der Waals surface area contributed by atoms with Crippen molar-refractivity contribution < 1.29 is 4.39 Å². The van der Waals surface area contributed by atoms with E-state index in [2.05, 4.69) is 48.5 Å². The average Bonchev–Trinajstić information content (AvgIpc) is 2.41. The van der Waals surface area contributed by atoms with Gasteiger partial charge in [-0.15, -0.1) is 0 Å². The molecule has 0 heterocycles. The second kappa shape index (κ2) is 7.06. The topological polar surface area (TPSA) is 15.3 Å². The summed E-state index contributed by atoms with van der Waals surface area (Å²) in [5.74, 6) is -0.206. The molecule has 0 radical (unpaired) electrons. The molecule has 0 amide bonds. The van der Waals surface area contributed by atoms with Gasteiger partial charge in [0.25, 0.3) is 0 Å². The maximum Gasteiger partial charge on any atom is 0.125 e. The second-order valence-corrected chi connectivity index (χ2v) is 5.16. The predicted molar refractivity (Wildman–Crippen MR) is 82.4 cm³/mol. The number of aryl methyl sites for hydroxylation is 1. The summed E-state index contributed by atoms with van der Waals surface area (Å²) < 4.78 is 13.0. The molecule has 0 bridgehead atoms. The van der Waals surface area contributed by atoms with Gasteiger partial charge in [-0.25, -0.2) is 4.39 Å². The second-order valence-electron chi connectivity index (χ2n) is 5.16. The molecule has 0 saturated heterocycles. The largest absolute Gasteiger partial charge is 0.384 e. The van der Waals surface area contributed by atoms with E-state index < -0.39 is 0 Å². The van der Waals surface area contributed by atoms with E-state index >= 15 is 0 Å². The molecule has 2 aromatic carbocycles. The fraction of sp³-hybridized carbons (Fsp3) is 0.294. The molecule has 0 saturated carbocycles. The SMILES string of the molecule is Cc1ccc(CN(C)CCNc2cccc(F)c2)cc1. The van der Waals surface area contributed by atoms with Crippen molar-refractivity contribution in [3.63, 3.8) is 0 Å². The van der Waals surface area contributed by atoms with Crippen molar-refractivity contribution in [1.82, 2.24) is 4.90 Å². The van der Waals surface area contributed by atoms with Crippen LogP contribution in [0.15, 0.2) is 48.5 Å². The van der Waals surface area contributed by atoms with Crippen molar-refractivity contribution in [3.05, 3.63) is 65.5 Å². The van der Waals surface area contributed by atoms with Crippen LogP contribution in [-0.2, 0) is 6.54 Å². The number of nitrogens with one attached hydrogen (secondary N) is 1. The lowest BCUT2D eigenvalue weighted by Crippen LogP contribution is -2.24. The Balaban J connectivity index is 1.75. The number of anilines is 1. The molecule has 0 unspecified atom stereocenters. The zero-order chi connectivity index (χ0) is 14.4. The van der Waals surface area contributed by atoms with Crippen LogP contribution in [0.3, 0.4) is 0 Å². The van der Waals surface area contributed by atoms with E-state index in [0.29, 0.717) is 0 Å². The minimum Gasteiger partial charge on any atom is -0.384 e. The summed E-state index contributed by atoms with van der Waals surface area (Å²) >= 11 is 0. The molecular formula is C17H21FN2. The van der Waals surface area contributed by atoms with Crippen molar-refractivity contribution in [1.29, 1.82) is 0 Å². The van der Waals surface area contributed by atoms with E-state index in [1.165, 1.54) is 23.3 Å². The van der Waals surface area contributed by atoms with Gasteiger partial charge in [-0.3, -0.25) is 0 Å². The van der Waals surface area contributed by atoms with E-state index in [4.69, 9.17) is 0 Å². The van der Waals surface area contributed by atoms with Crippen molar-refractivity contribution >= 4 is 5.69 Å². The zero-order valence-electron chi connectivity index (χ0n) is 12.1. The third-order valence-electron chi connectivity index (χ3n) is 3.22. The van der Waals surface area contributed by atoms with Crippen LogP contribution in [-0.4, -0.2) is 25.0 Å². The van der Waals surface area contributed by atoms with Crippen LogP contribution in [0, 0.1) is 12.7 Å². The quantitative estimate of drug-likeness (QED) is 0.863. The van der Waals surface area contributed by atoms with Crippen molar-refractivity contribution in [2.24, 2.45) is 0 Å². The molecule has 2 aromatic rings. The smallest absolute Gasteiger partial charge is 0.125 e. The van der Waals surface area contributed by atoms with Gasteiger partial charge in [-0.2, -0.15) is 0 Å². The summed E-state index contributed by atoms with van der Waals surface area (Å²) in [4.78, 5) is 2.25. The van der Waals surface area contributed by atoms with Crippen LogP contribution in [0.4, 0.5) is 10.1 Å². The first kappa shape index (κ1) is 14.5. The van der Waals surface area contributed by atoms with Crippen LogP contribution >= 0.6 is 0 Å². The molecule has 2 nitrogen and oxygen atoms in total. The Labute approximate surface area is 120 Å². The van der Waals surface area contributed by atoms with E-state index in [1.54, 1.807) is 6.07 Å². The highest BCUT2D eigenvalue weighted by Crippen LogP contribution is 2.09. The number of hydrogen-bond acceptors (Lipinski definition) is 2. The van der Waals surface area contributed by atoms with E-state index in [9.17, 15) is 4.39 Å². The van der Waals surface area contributed by atoms with Crippen LogP contribution in [0.1, 0.15) is 11.1 Å². The zero-order valence-corrected chi connectivity index (χ0v) is 12.1. The van der Waals surface area contributed by atoms with Gasteiger partial charge < -0.3 is 10.2 Å². The van der Waals surface area contributed by atoms with Crippen molar-refractivity contribution in [3.8, 4) is 0 Å². The molecule has 1 N–H and O–H groups in total.